The van der Waals surface area contributed by atoms with E-state index in [0.717, 1.165) is 11.1 Å². The van der Waals surface area contributed by atoms with E-state index in [9.17, 15) is 9.59 Å². The highest BCUT2D eigenvalue weighted by atomic mass is 16.5. The van der Waals surface area contributed by atoms with Gasteiger partial charge in [-0.25, -0.2) is 9.59 Å². The number of ether oxygens (including phenoxy) is 2. The lowest BCUT2D eigenvalue weighted by Crippen LogP contribution is -2.26. The Morgan fingerprint density at radius 1 is 0.800 bits per heavy atom. The molecule has 0 aliphatic heterocycles. The van der Waals surface area contributed by atoms with E-state index in [4.69, 9.17) is 31.2 Å². The lowest BCUT2D eigenvalue weighted by atomic mass is 10.1. The highest BCUT2D eigenvalue weighted by Crippen LogP contribution is 2.11. The Hall–Kier alpha value is -3.10. The summed E-state index contributed by atoms with van der Waals surface area (Å²) in [7, 11) is 0. The molecule has 0 radical (unpaired) electrons. The first-order chi connectivity index (χ1) is 14.3. The molecule has 0 fully saturated rings. The number of benzene rings is 2. The average molecular weight is 418 g/mol. The minimum Gasteiger partial charge on any atom is -0.479 e. The third-order valence-electron chi connectivity index (χ3n) is 4.06. The first-order valence-electron chi connectivity index (χ1n) is 9.64. The van der Waals surface area contributed by atoms with Gasteiger partial charge in [0, 0.05) is 37.4 Å². The van der Waals surface area contributed by atoms with E-state index in [0.29, 0.717) is 37.4 Å². The fourth-order valence-electron chi connectivity index (χ4n) is 2.64. The van der Waals surface area contributed by atoms with Gasteiger partial charge in [-0.05, 0) is 49.2 Å². The number of carbonyl (C=O) groups is 2. The fourth-order valence-corrected chi connectivity index (χ4v) is 2.64. The summed E-state index contributed by atoms with van der Waals surface area (Å²) in [4.78, 5) is 21.6. The zero-order chi connectivity index (χ0) is 22.5. The molecule has 2 rings (SSSR count). The monoisotopic (exact) mass is 418 g/mol. The Labute approximate surface area is 176 Å². The molecule has 8 nitrogen and oxygen atoms in total. The molecular formula is C22H30N2O6. The third kappa shape index (κ3) is 9.40. The number of carboxylic acid groups (broad SMARTS) is 2. The molecule has 30 heavy (non-hydrogen) atoms. The van der Waals surface area contributed by atoms with Crippen LogP contribution in [0.3, 0.4) is 0 Å². The van der Waals surface area contributed by atoms with Gasteiger partial charge >= 0.3 is 11.9 Å². The minimum atomic E-state index is -0.945. The number of anilines is 2. The molecule has 0 aliphatic carbocycles. The molecule has 0 saturated carbocycles. The number of aliphatic carboxylic acids is 2. The van der Waals surface area contributed by atoms with Crippen LogP contribution in [-0.2, 0) is 31.9 Å². The Kier molecular flexibility index (Phi) is 11.0. The predicted molar refractivity (Wildman–Crippen MR) is 115 cm³/mol. The van der Waals surface area contributed by atoms with Crippen molar-refractivity contribution in [3.8, 4) is 0 Å². The molecule has 8 heteroatoms. The summed E-state index contributed by atoms with van der Waals surface area (Å²) >= 11 is 0. The zero-order valence-electron chi connectivity index (χ0n) is 17.3. The Balaban J connectivity index is 0.000000300. The van der Waals surface area contributed by atoms with Crippen LogP contribution < -0.4 is 11.5 Å². The standard InChI is InChI=1S/2C11H15NO3/c1-2-15-10(11(13)14)7-8-3-5-9(12)6-4-8;1-2-15-10(11(13)14)7-8-4-3-5-9(12)6-8/h2*3-6,10H,2,7,12H2,1H3,(H,13,14). The van der Waals surface area contributed by atoms with E-state index in [1.807, 2.05) is 18.2 Å². The molecule has 6 N–H and O–H groups in total. The summed E-state index contributed by atoms with van der Waals surface area (Å²) < 4.78 is 10.2. The van der Waals surface area contributed by atoms with Gasteiger partial charge in [-0.2, -0.15) is 0 Å². The van der Waals surface area contributed by atoms with Gasteiger partial charge in [-0.1, -0.05) is 24.3 Å². The number of nitrogen functional groups attached to an aromatic ring is 2. The van der Waals surface area contributed by atoms with Crippen molar-refractivity contribution >= 4 is 23.3 Å². The van der Waals surface area contributed by atoms with Crippen molar-refractivity contribution in [1.29, 1.82) is 0 Å². The number of carboxylic acids is 2. The summed E-state index contributed by atoms with van der Waals surface area (Å²) in [5.41, 5.74) is 14.2. The number of hydrogen-bond donors (Lipinski definition) is 4. The maximum atomic E-state index is 10.8. The molecule has 0 spiro atoms. The van der Waals surface area contributed by atoms with Gasteiger partial charge in [0.25, 0.3) is 0 Å². The molecule has 164 valence electrons. The van der Waals surface area contributed by atoms with E-state index in [-0.39, 0.29) is 0 Å². The van der Waals surface area contributed by atoms with E-state index < -0.39 is 24.1 Å². The number of hydrogen-bond acceptors (Lipinski definition) is 6. The second-order valence-electron chi connectivity index (χ2n) is 6.46. The van der Waals surface area contributed by atoms with Crippen molar-refractivity contribution < 1.29 is 29.3 Å². The smallest absolute Gasteiger partial charge is 0.333 e. The van der Waals surface area contributed by atoms with Crippen LogP contribution in [-0.4, -0.2) is 47.6 Å². The largest absolute Gasteiger partial charge is 0.479 e. The predicted octanol–water partition coefficient (Wildman–Crippen LogP) is 2.60. The third-order valence-corrected chi connectivity index (χ3v) is 4.06. The highest BCUT2D eigenvalue weighted by molar-refractivity contribution is 5.73. The van der Waals surface area contributed by atoms with Crippen molar-refractivity contribution in [2.24, 2.45) is 0 Å². The summed E-state index contributed by atoms with van der Waals surface area (Å²) in [6.45, 7) is 4.33. The van der Waals surface area contributed by atoms with Gasteiger partial charge in [0.15, 0.2) is 12.2 Å². The molecule has 2 atom stereocenters. The highest BCUT2D eigenvalue weighted by Gasteiger charge is 2.18. The number of rotatable bonds is 10. The lowest BCUT2D eigenvalue weighted by molar-refractivity contribution is -0.150. The topological polar surface area (TPSA) is 145 Å². The Morgan fingerprint density at radius 2 is 1.30 bits per heavy atom. The van der Waals surface area contributed by atoms with Crippen LogP contribution in [0.25, 0.3) is 0 Å². The van der Waals surface area contributed by atoms with Crippen molar-refractivity contribution in [3.05, 3.63) is 59.7 Å². The average Bonchev–Trinajstić information content (AvgIpc) is 2.69. The summed E-state index contributed by atoms with van der Waals surface area (Å²) in [5, 5.41) is 17.7. The van der Waals surface area contributed by atoms with Gasteiger partial charge in [0.2, 0.25) is 0 Å². The zero-order valence-corrected chi connectivity index (χ0v) is 17.3. The Morgan fingerprint density at radius 3 is 1.73 bits per heavy atom. The minimum absolute atomic E-state index is 0.341. The van der Waals surface area contributed by atoms with Gasteiger partial charge in [-0.3, -0.25) is 0 Å². The molecular weight excluding hydrogens is 388 g/mol. The van der Waals surface area contributed by atoms with E-state index in [1.165, 1.54) is 0 Å². The maximum Gasteiger partial charge on any atom is 0.333 e. The fraction of sp³-hybridized carbons (Fsp3) is 0.364. The van der Waals surface area contributed by atoms with Crippen LogP contribution in [0, 0.1) is 0 Å². The SMILES string of the molecule is CCOC(Cc1ccc(N)cc1)C(=O)O.CCOC(Cc1cccc(N)c1)C(=O)O. The van der Waals surface area contributed by atoms with Gasteiger partial charge in [-0.15, -0.1) is 0 Å². The van der Waals surface area contributed by atoms with Crippen LogP contribution in [0.5, 0.6) is 0 Å². The molecule has 0 heterocycles. The quantitative estimate of drug-likeness (QED) is 0.431. The second-order valence-corrected chi connectivity index (χ2v) is 6.46. The molecule has 2 unspecified atom stereocenters. The van der Waals surface area contributed by atoms with E-state index in [1.54, 1.807) is 44.2 Å². The lowest BCUT2D eigenvalue weighted by Gasteiger charge is -2.12. The first-order valence-corrected chi connectivity index (χ1v) is 9.64. The maximum absolute atomic E-state index is 10.8. The van der Waals surface area contributed by atoms with Gasteiger partial charge in [0.1, 0.15) is 0 Å². The van der Waals surface area contributed by atoms with Crippen LogP contribution in [0.4, 0.5) is 11.4 Å². The molecule has 0 aliphatic rings. The van der Waals surface area contributed by atoms with E-state index >= 15 is 0 Å². The van der Waals surface area contributed by atoms with Crippen LogP contribution >= 0.6 is 0 Å². The van der Waals surface area contributed by atoms with Crippen molar-refractivity contribution in [3.63, 3.8) is 0 Å². The molecule has 0 aromatic heterocycles. The summed E-state index contributed by atoms with van der Waals surface area (Å²) in [6.07, 6.45) is -0.868. The molecule has 2 aromatic carbocycles. The van der Waals surface area contributed by atoms with Crippen molar-refractivity contribution in [1.82, 2.24) is 0 Å². The van der Waals surface area contributed by atoms with Gasteiger partial charge < -0.3 is 31.2 Å². The second kappa shape index (κ2) is 13.2. The molecule has 0 bridgehead atoms. The molecule has 0 amide bonds. The molecule has 2 aromatic rings. The summed E-state index contributed by atoms with van der Waals surface area (Å²) in [5.74, 6) is -1.88. The van der Waals surface area contributed by atoms with Crippen molar-refractivity contribution in [2.45, 2.75) is 38.9 Å². The van der Waals surface area contributed by atoms with Crippen LogP contribution in [0.1, 0.15) is 25.0 Å². The van der Waals surface area contributed by atoms with Crippen molar-refractivity contribution in [2.75, 3.05) is 24.7 Å². The first kappa shape index (κ1) is 24.9. The van der Waals surface area contributed by atoms with E-state index in [2.05, 4.69) is 0 Å². The van der Waals surface area contributed by atoms with Crippen LogP contribution in [0.15, 0.2) is 48.5 Å². The molecule has 0 saturated heterocycles. The number of nitrogens with two attached hydrogens (primary N) is 2. The van der Waals surface area contributed by atoms with Gasteiger partial charge in [0.05, 0.1) is 0 Å². The summed E-state index contributed by atoms with van der Waals surface area (Å²) in [6, 6.07) is 14.3. The Bertz CT molecular complexity index is 794. The van der Waals surface area contributed by atoms with Crippen LogP contribution in [0.2, 0.25) is 0 Å². The normalized spacial score (nSPS) is 12.3.